The fourth-order valence-electron chi connectivity index (χ4n) is 6.01. The van der Waals surface area contributed by atoms with Gasteiger partial charge in [-0.3, -0.25) is 0 Å². The van der Waals surface area contributed by atoms with Crippen LogP contribution in [0, 0.1) is 0 Å². The molecule has 0 bridgehead atoms. The van der Waals surface area contributed by atoms with Crippen LogP contribution in [0.1, 0.15) is 36.5 Å². The summed E-state index contributed by atoms with van der Waals surface area (Å²) in [4.78, 5) is 0. The van der Waals surface area contributed by atoms with Crippen LogP contribution in [0.5, 0.6) is 0 Å². The normalized spacial score (nSPS) is 11.9. The van der Waals surface area contributed by atoms with E-state index in [2.05, 4.69) is 134 Å². The van der Waals surface area contributed by atoms with Gasteiger partial charge in [0.2, 0.25) is 0 Å². The number of rotatable bonds is 5. The number of fused-ring (bicyclic) bond motifs is 3. The van der Waals surface area contributed by atoms with E-state index in [0.717, 1.165) is 12.8 Å². The second kappa shape index (κ2) is 8.47. The number of hydrogen-bond acceptors (Lipinski definition) is 0. The molecule has 0 spiro atoms. The molecule has 6 aromatic carbocycles. The highest BCUT2D eigenvalue weighted by molar-refractivity contribution is 5.95. The fraction of sp³-hybridized carbons (Fsp3) is 0.118. The van der Waals surface area contributed by atoms with E-state index in [0.29, 0.717) is 0 Å². The maximum absolute atomic E-state index is 2.36. The van der Waals surface area contributed by atoms with Crippen molar-refractivity contribution in [1.82, 2.24) is 0 Å². The van der Waals surface area contributed by atoms with Crippen LogP contribution < -0.4 is 0 Å². The summed E-state index contributed by atoms with van der Waals surface area (Å²) < 4.78 is 0. The molecule has 0 N–H and O–H groups in total. The zero-order valence-electron chi connectivity index (χ0n) is 19.5. The molecule has 0 saturated heterocycles. The molecule has 0 radical (unpaired) electrons. The highest BCUT2D eigenvalue weighted by atomic mass is 14.4. The molecule has 0 amide bonds. The summed E-state index contributed by atoms with van der Waals surface area (Å²) >= 11 is 0. The van der Waals surface area contributed by atoms with E-state index in [9.17, 15) is 0 Å². The molecule has 0 aliphatic heterocycles. The van der Waals surface area contributed by atoms with Gasteiger partial charge in [-0.15, -0.1) is 0 Å². The van der Waals surface area contributed by atoms with Crippen molar-refractivity contribution in [2.24, 2.45) is 0 Å². The Bertz CT molecular complexity index is 1420. The minimum atomic E-state index is -0.280. The molecular weight excluding hydrogens is 408 g/mol. The zero-order chi connectivity index (χ0) is 23.0. The van der Waals surface area contributed by atoms with Crippen molar-refractivity contribution >= 4 is 32.3 Å². The summed E-state index contributed by atoms with van der Waals surface area (Å²) in [7, 11) is 0. The van der Waals surface area contributed by atoms with Crippen molar-refractivity contribution in [2.45, 2.75) is 25.2 Å². The first-order valence-corrected chi connectivity index (χ1v) is 12.3. The van der Waals surface area contributed by atoms with Crippen molar-refractivity contribution in [1.29, 1.82) is 0 Å². The summed E-state index contributed by atoms with van der Waals surface area (Å²) in [6, 6.07) is 47.1. The van der Waals surface area contributed by atoms with Crippen molar-refractivity contribution in [3.05, 3.63) is 144 Å². The lowest BCUT2D eigenvalue weighted by molar-refractivity contribution is 0.562. The predicted molar refractivity (Wildman–Crippen MR) is 147 cm³/mol. The van der Waals surface area contributed by atoms with Gasteiger partial charge in [-0.1, -0.05) is 141 Å². The summed E-state index contributed by atoms with van der Waals surface area (Å²) in [5, 5.41) is 7.88. The Morgan fingerprint density at radius 2 is 0.735 bits per heavy atom. The molecule has 0 aliphatic carbocycles. The second-order valence-corrected chi connectivity index (χ2v) is 9.24. The Labute approximate surface area is 201 Å². The molecule has 0 atom stereocenters. The lowest BCUT2D eigenvalue weighted by Crippen LogP contribution is -2.30. The molecule has 6 aromatic rings. The quantitative estimate of drug-likeness (QED) is 0.236. The molecule has 0 aliphatic rings. The monoisotopic (exact) mass is 436 g/mol. The van der Waals surface area contributed by atoms with Crippen molar-refractivity contribution < 1.29 is 0 Å². The fourth-order valence-corrected chi connectivity index (χ4v) is 6.01. The van der Waals surface area contributed by atoms with Crippen molar-refractivity contribution in [3.8, 4) is 0 Å². The lowest BCUT2D eigenvalue weighted by atomic mass is 9.63. The topological polar surface area (TPSA) is 0 Å². The van der Waals surface area contributed by atoms with Gasteiger partial charge in [0, 0.05) is 5.41 Å². The van der Waals surface area contributed by atoms with Gasteiger partial charge < -0.3 is 0 Å². The van der Waals surface area contributed by atoms with E-state index in [1.807, 2.05) is 0 Å². The number of benzene rings is 6. The first-order valence-electron chi connectivity index (χ1n) is 12.3. The van der Waals surface area contributed by atoms with Gasteiger partial charge in [-0.25, -0.2) is 0 Å². The van der Waals surface area contributed by atoms with Gasteiger partial charge in [-0.2, -0.15) is 0 Å². The highest BCUT2D eigenvalue weighted by Crippen LogP contribution is 2.49. The van der Waals surface area contributed by atoms with Crippen LogP contribution in [0.15, 0.2) is 127 Å². The van der Waals surface area contributed by atoms with E-state index < -0.39 is 0 Å². The average Bonchev–Trinajstić information content (AvgIpc) is 2.91. The Morgan fingerprint density at radius 1 is 0.412 bits per heavy atom. The minimum Gasteiger partial charge on any atom is -0.0653 e. The Morgan fingerprint density at radius 3 is 1.09 bits per heavy atom. The van der Waals surface area contributed by atoms with Gasteiger partial charge in [0.1, 0.15) is 0 Å². The third kappa shape index (κ3) is 3.14. The maximum Gasteiger partial charge on any atom is 0.0469 e. The average molecular weight is 437 g/mol. The molecular formula is C34H28. The van der Waals surface area contributed by atoms with E-state index in [1.165, 1.54) is 49.0 Å². The SMILES string of the molecule is CCCC(c1cccc2ccccc12)(c1cccc2ccccc12)c1cccc2ccccc12. The Hall–Kier alpha value is -3.90. The third-order valence-electron chi connectivity index (χ3n) is 7.37. The first kappa shape index (κ1) is 20.7. The van der Waals surface area contributed by atoms with Crippen LogP contribution in [0.2, 0.25) is 0 Å². The van der Waals surface area contributed by atoms with Crippen LogP contribution in [0.3, 0.4) is 0 Å². The lowest BCUT2D eigenvalue weighted by Gasteiger charge is -2.38. The molecule has 0 fully saturated rings. The smallest absolute Gasteiger partial charge is 0.0469 e. The van der Waals surface area contributed by atoms with Gasteiger partial charge >= 0.3 is 0 Å². The molecule has 34 heavy (non-hydrogen) atoms. The van der Waals surface area contributed by atoms with Gasteiger partial charge in [-0.05, 0) is 55.4 Å². The Kier molecular flexibility index (Phi) is 5.15. The molecule has 0 heteroatoms. The second-order valence-electron chi connectivity index (χ2n) is 9.24. The van der Waals surface area contributed by atoms with E-state index in [-0.39, 0.29) is 5.41 Å². The molecule has 0 nitrogen and oxygen atoms in total. The van der Waals surface area contributed by atoms with Gasteiger partial charge in [0.15, 0.2) is 0 Å². The van der Waals surface area contributed by atoms with Gasteiger partial charge in [0.25, 0.3) is 0 Å². The van der Waals surface area contributed by atoms with E-state index in [4.69, 9.17) is 0 Å². The van der Waals surface area contributed by atoms with Crippen molar-refractivity contribution in [2.75, 3.05) is 0 Å². The summed E-state index contributed by atoms with van der Waals surface area (Å²) in [6.45, 7) is 2.32. The van der Waals surface area contributed by atoms with E-state index >= 15 is 0 Å². The predicted octanol–water partition coefficient (Wildman–Crippen LogP) is 9.28. The van der Waals surface area contributed by atoms with Crippen LogP contribution in [0.25, 0.3) is 32.3 Å². The Balaban J connectivity index is 1.84. The summed E-state index contributed by atoms with van der Waals surface area (Å²) in [5.74, 6) is 0. The molecule has 164 valence electrons. The molecule has 0 unspecified atom stereocenters. The maximum atomic E-state index is 2.36. The first-order chi connectivity index (χ1) is 16.8. The van der Waals surface area contributed by atoms with Crippen LogP contribution >= 0.6 is 0 Å². The molecule has 0 saturated carbocycles. The van der Waals surface area contributed by atoms with E-state index in [1.54, 1.807) is 0 Å². The highest BCUT2D eigenvalue weighted by Gasteiger charge is 2.39. The van der Waals surface area contributed by atoms with Crippen LogP contribution in [-0.4, -0.2) is 0 Å². The largest absolute Gasteiger partial charge is 0.0653 e. The number of hydrogen-bond donors (Lipinski definition) is 0. The van der Waals surface area contributed by atoms with Crippen LogP contribution in [0.4, 0.5) is 0 Å². The van der Waals surface area contributed by atoms with Crippen molar-refractivity contribution in [3.63, 3.8) is 0 Å². The van der Waals surface area contributed by atoms with Gasteiger partial charge in [0.05, 0.1) is 0 Å². The summed E-state index contributed by atoms with van der Waals surface area (Å²) in [5.41, 5.74) is 3.89. The zero-order valence-corrected chi connectivity index (χ0v) is 19.5. The minimum absolute atomic E-state index is 0.280. The molecule has 0 aromatic heterocycles. The standard InChI is InChI=1S/C34H28/c1-2-24-34(31-21-9-15-25-12-3-6-18-28(25)31,32-22-10-16-26-13-4-7-19-29(26)32)33-23-11-17-27-14-5-8-20-30(27)33/h3-23H,2,24H2,1H3. The molecule has 6 rings (SSSR count). The third-order valence-corrected chi connectivity index (χ3v) is 7.37. The molecule has 0 heterocycles. The summed E-state index contributed by atoms with van der Waals surface area (Å²) in [6.07, 6.45) is 2.11. The van der Waals surface area contributed by atoms with Crippen LogP contribution in [-0.2, 0) is 5.41 Å².